The van der Waals surface area contributed by atoms with E-state index in [1.54, 1.807) is 9.29 Å². The van der Waals surface area contributed by atoms with E-state index in [9.17, 15) is 35.6 Å². The van der Waals surface area contributed by atoms with E-state index in [-0.39, 0.29) is 28.2 Å². The maximum Gasteiger partial charge on any atom is 0.404 e. The molecule has 0 radical (unpaired) electrons. The van der Waals surface area contributed by atoms with Crippen molar-refractivity contribution >= 4 is 21.1 Å². The van der Waals surface area contributed by atoms with Gasteiger partial charge in [-0.05, 0) is 44.4 Å². The lowest BCUT2D eigenvalue weighted by atomic mass is 9.92. The van der Waals surface area contributed by atoms with Gasteiger partial charge in [-0.25, -0.2) is 22.2 Å². The van der Waals surface area contributed by atoms with Gasteiger partial charge in [0.05, 0.1) is 17.0 Å². The van der Waals surface area contributed by atoms with Gasteiger partial charge in [0.25, 0.3) is 6.43 Å². The fraction of sp³-hybridized carbons (Fsp3) is 0.381. The molecule has 0 aromatic carbocycles. The van der Waals surface area contributed by atoms with Crippen LogP contribution in [-0.2, 0) is 10.0 Å². The van der Waals surface area contributed by atoms with Crippen LogP contribution in [0.25, 0.3) is 22.4 Å². The average molecular weight is 499 g/mol. The van der Waals surface area contributed by atoms with Crippen LogP contribution in [0, 0.1) is 11.3 Å². The SMILES string of the molecule is C[C@H](NS(=O)(=O)c1ccc(-c2c(C#N)c3cc(C(F)F)cnc3n2C2CCC2)nc1)C(F)(F)F. The van der Waals surface area contributed by atoms with Crippen LogP contribution >= 0.6 is 0 Å². The van der Waals surface area contributed by atoms with Crippen LogP contribution in [0.3, 0.4) is 0 Å². The van der Waals surface area contributed by atoms with Crippen LogP contribution in [0.1, 0.15) is 49.8 Å². The summed E-state index contributed by atoms with van der Waals surface area (Å²) in [7, 11) is -4.52. The van der Waals surface area contributed by atoms with E-state index in [1.165, 1.54) is 12.1 Å². The van der Waals surface area contributed by atoms with E-state index in [0.29, 0.717) is 18.3 Å². The number of hydrogen-bond acceptors (Lipinski definition) is 5. The van der Waals surface area contributed by atoms with Crippen molar-refractivity contribution in [3.8, 4) is 17.5 Å². The molecule has 1 N–H and O–H groups in total. The van der Waals surface area contributed by atoms with Gasteiger partial charge in [-0.3, -0.25) is 4.98 Å². The molecule has 0 saturated heterocycles. The van der Waals surface area contributed by atoms with Crippen LogP contribution < -0.4 is 4.72 Å². The Bertz CT molecular complexity index is 1370. The smallest absolute Gasteiger partial charge is 0.320 e. The monoisotopic (exact) mass is 499 g/mol. The van der Waals surface area contributed by atoms with E-state index in [1.807, 2.05) is 6.07 Å². The summed E-state index contributed by atoms with van der Waals surface area (Å²) < 4.78 is 92.8. The number of nitrogens with one attached hydrogen (secondary N) is 1. The van der Waals surface area contributed by atoms with Gasteiger partial charge in [0, 0.05) is 29.4 Å². The Balaban J connectivity index is 1.81. The minimum atomic E-state index is -4.77. The lowest BCUT2D eigenvalue weighted by Crippen LogP contribution is -2.42. The second kappa shape index (κ2) is 8.59. The zero-order valence-electron chi connectivity index (χ0n) is 17.6. The maximum atomic E-state index is 13.2. The third-order valence-electron chi connectivity index (χ3n) is 5.78. The van der Waals surface area contributed by atoms with Crippen molar-refractivity contribution in [3.63, 3.8) is 0 Å². The average Bonchev–Trinajstić information content (AvgIpc) is 3.05. The molecule has 1 aliphatic rings. The molecular formula is C21H18F5N5O2S. The highest BCUT2D eigenvalue weighted by Crippen LogP contribution is 2.42. The topological polar surface area (TPSA) is 101 Å². The van der Waals surface area contributed by atoms with Gasteiger partial charge in [0.1, 0.15) is 22.7 Å². The fourth-order valence-corrected chi connectivity index (χ4v) is 4.91. The normalized spacial score (nSPS) is 15.9. The van der Waals surface area contributed by atoms with Crippen LogP contribution in [0.4, 0.5) is 22.0 Å². The minimum Gasteiger partial charge on any atom is -0.320 e. The van der Waals surface area contributed by atoms with Gasteiger partial charge in [-0.15, -0.1) is 0 Å². The van der Waals surface area contributed by atoms with Gasteiger partial charge in [-0.1, -0.05) is 0 Å². The Kier molecular flexibility index (Phi) is 6.07. The van der Waals surface area contributed by atoms with E-state index in [0.717, 1.165) is 37.7 Å². The number of fused-ring (bicyclic) bond motifs is 1. The quantitative estimate of drug-likeness (QED) is 0.488. The van der Waals surface area contributed by atoms with Crippen molar-refractivity contribution in [2.45, 2.75) is 55.8 Å². The van der Waals surface area contributed by atoms with Gasteiger partial charge < -0.3 is 4.57 Å². The van der Waals surface area contributed by atoms with E-state index >= 15 is 0 Å². The third kappa shape index (κ3) is 4.23. The van der Waals surface area contributed by atoms with Crippen molar-refractivity contribution < 1.29 is 30.4 Å². The van der Waals surface area contributed by atoms with Gasteiger partial charge in [0.15, 0.2) is 0 Å². The second-order valence-corrected chi connectivity index (χ2v) is 9.71. The Morgan fingerprint density at radius 1 is 1.21 bits per heavy atom. The number of halogens is 5. The maximum absolute atomic E-state index is 13.2. The first-order valence-electron chi connectivity index (χ1n) is 10.2. The number of pyridine rings is 2. The van der Waals surface area contributed by atoms with Gasteiger partial charge in [0.2, 0.25) is 10.0 Å². The summed E-state index contributed by atoms with van der Waals surface area (Å²) in [6.45, 7) is 0.677. The number of nitrogens with zero attached hydrogens (tertiary/aromatic N) is 4. The number of rotatable bonds is 6. The molecule has 1 aliphatic carbocycles. The minimum absolute atomic E-state index is 0.0518. The molecule has 180 valence electrons. The molecule has 7 nitrogen and oxygen atoms in total. The summed E-state index contributed by atoms with van der Waals surface area (Å²) >= 11 is 0. The van der Waals surface area contributed by atoms with Crippen LogP contribution in [0.2, 0.25) is 0 Å². The molecule has 13 heteroatoms. The summed E-state index contributed by atoms with van der Waals surface area (Å²) in [5.41, 5.74) is 0.508. The fourth-order valence-electron chi connectivity index (χ4n) is 3.73. The molecule has 1 atom stereocenters. The number of sulfonamides is 1. The second-order valence-electron chi connectivity index (χ2n) is 7.99. The van der Waals surface area contributed by atoms with Crippen LogP contribution in [0.5, 0.6) is 0 Å². The summed E-state index contributed by atoms with van der Waals surface area (Å²) in [5, 5.41) is 10.1. The Hall–Kier alpha value is -3.11. The largest absolute Gasteiger partial charge is 0.404 e. The number of hydrogen-bond donors (Lipinski definition) is 1. The lowest BCUT2D eigenvalue weighted by Gasteiger charge is -2.29. The molecule has 3 aromatic rings. The zero-order chi connectivity index (χ0) is 24.8. The highest BCUT2D eigenvalue weighted by Gasteiger charge is 2.39. The van der Waals surface area contributed by atoms with Crippen LogP contribution in [-0.4, -0.2) is 35.2 Å². The van der Waals surface area contributed by atoms with Gasteiger partial charge >= 0.3 is 6.18 Å². The first kappa shape index (κ1) is 24.0. The van der Waals surface area contributed by atoms with E-state index < -0.39 is 33.6 Å². The predicted molar refractivity (Wildman–Crippen MR) is 111 cm³/mol. The molecule has 0 spiro atoms. The molecular weight excluding hydrogens is 481 g/mol. The van der Waals surface area contributed by atoms with Crippen molar-refractivity contribution in [3.05, 3.63) is 41.7 Å². The van der Waals surface area contributed by atoms with Crippen molar-refractivity contribution in [2.24, 2.45) is 0 Å². The van der Waals surface area contributed by atoms with E-state index in [2.05, 4.69) is 9.97 Å². The number of nitriles is 1. The van der Waals surface area contributed by atoms with Crippen molar-refractivity contribution in [2.75, 3.05) is 0 Å². The first-order valence-corrected chi connectivity index (χ1v) is 11.7. The zero-order valence-corrected chi connectivity index (χ0v) is 18.5. The highest BCUT2D eigenvalue weighted by atomic mass is 32.2. The Morgan fingerprint density at radius 3 is 2.41 bits per heavy atom. The standard InChI is InChI=1S/C21H18F5N5O2S/c1-11(21(24,25)26)30-34(32,33)14-5-6-17(28-10-14)18-16(8-27)15-7-12(19(22)23)9-29-20(15)31(18)13-3-2-4-13/h5-7,9-11,13,19,30H,2-4H2,1H3/t11-/m0/s1. The molecule has 0 bridgehead atoms. The number of aromatic nitrogens is 3. The summed E-state index contributed by atoms with van der Waals surface area (Å²) in [6, 6.07) is 3.20. The molecule has 0 amide bonds. The Morgan fingerprint density at radius 2 is 1.91 bits per heavy atom. The molecule has 1 saturated carbocycles. The molecule has 3 aromatic heterocycles. The van der Waals surface area contributed by atoms with E-state index in [4.69, 9.17) is 0 Å². The predicted octanol–water partition coefficient (Wildman–Crippen LogP) is 4.86. The lowest BCUT2D eigenvalue weighted by molar-refractivity contribution is -0.147. The summed E-state index contributed by atoms with van der Waals surface area (Å²) in [6.07, 6.45) is -3.15. The number of alkyl halides is 5. The van der Waals surface area contributed by atoms with Crippen molar-refractivity contribution in [1.82, 2.24) is 19.3 Å². The molecule has 34 heavy (non-hydrogen) atoms. The molecule has 3 heterocycles. The molecule has 1 fully saturated rings. The first-order chi connectivity index (χ1) is 15.9. The van der Waals surface area contributed by atoms with Crippen molar-refractivity contribution in [1.29, 1.82) is 5.26 Å². The molecule has 0 unspecified atom stereocenters. The highest BCUT2D eigenvalue weighted by molar-refractivity contribution is 7.89. The van der Waals surface area contributed by atoms with Gasteiger partial charge in [-0.2, -0.15) is 23.2 Å². The molecule has 4 rings (SSSR count). The molecule has 0 aliphatic heterocycles. The summed E-state index contributed by atoms with van der Waals surface area (Å²) in [5.74, 6) is 0. The Labute approximate surface area is 191 Å². The third-order valence-corrected chi connectivity index (χ3v) is 7.30. The summed E-state index contributed by atoms with van der Waals surface area (Å²) in [4.78, 5) is 7.77. The van der Waals surface area contributed by atoms with Crippen LogP contribution in [0.15, 0.2) is 35.5 Å².